The Labute approximate surface area is 37.6 Å². The van der Waals surface area contributed by atoms with E-state index in [9.17, 15) is 5.11 Å². The fourth-order valence-electron chi connectivity index (χ4n) is 0.152. The Kier molecular flexibility index (Phi) is 4.03. The minimum atomic E-state index is -0.147. The van der Waals surface area contributed by atoms with E-state index in [2.05, 4.69) is 6.58 Å². The number of hydrogen-bond donors (Lipinski definition) is 0. The van der Waals surface area contributed by atoms with Crippen LogP contribution in [0.2, 0.25) is 0 Å². The van der Waals surface area contributed by atoms with Crippen molar-refractivity contribution in [1.29, 1.82) is 0 Å². The van der Waals surface area contributed by atoms with E-state index in [1.807, 2.05) is 0 Å². The molecule has 0 N–H and O–H groups in total. The summed E-state index contributed by atoms with van der Waals surface area (Å²) in [6, 6.07) is 0. The van der Waals surface area contributed by atoms with E-state index in [0.29, 0.717) is 0 Å². The van der Waals surface area contributed by atoms with Crippen LogP contribution in [-0.2, 0) is 5.11 Å². The smallest absolute Gasteiger partial charge is 0.101 e. The molecule has 1 heteroatoms. The van der Waals surface area contributed by atoms with Crippen LogP contribution in [-0.4, -0.2) is 6.61 Å². The maximum Gasteiger partial charge on any atom is 0.101 e. The Morgan fingerprint density at radius 1 is 1.67 bits per heavy atom. The van der Waals surface area contributed by atoms with Crippen LogP contribution in [0, 0.1) is 0 Å². The summed E-state index contributed by atoms with van der Waals surface area (Å²) in [6.07, 6.45) is 4.72. The van der Waals surface area contributed by atoms with Crippen molar-refractivity contribution in [3.05, 3.63) is 24.8 Å². The molecule has 1 nitrogen and oxygen atoms in total. The summed E-state index contributed by atoms with van der Waals surface area (Å²) >= 11 is 0. The first-order valence-electron chi connectivity index (χ1n) is 1.77. The molecule has 6 heavy (non-hydrogen) atoms. The minimum Gasteiger partial charge on any atom is -0.232 e. The van der Waals surface area contributed by atoms with Gasteiger partial charge < -0.3 is 0 Å². The standard InChI is InChI=1S/C5H7O/c1-2-3-4-5-6/h2-4H,1,5H2. The maximum absolute atomic E-state index is 9.55. The lowest BCUT2D eigenvalue weighted by molar-refractivity contribution is 0.232. The van der Waals surface area contributed by atoms with Crippen molar-refractivity contribution in [2.75, 3.05) is 6.61 Å². The van der Waals surface area contributed by atoms with Gasteiger partial charge >= 0.3 is 0 Å². The van der Waals surface area contributed by atoms with Crippen LogP contribution in [0.15, 0.2) is 24.8 Å². The fraction of sp³-hybridized carbons (Fsp3) is 0.200. The highest BCUT2D eigenvalue weighted by Gasteiger charge is 1.58. The maximum atomic E-state index is 9.55. The van der Waals surface area contributed by atoms with Crippen molar-refractivity contribution >= 4 is 0 Å². The van der Waals surface area contributed by atoms with E-state index in [4.69, 9.17) is 0 Å². The largest absolute Gasteiger partial charge is 0.232 e. The molecule has 0 spiro atoms. The molecular formula is C5H7O. The molecule has 0 aliphatic carbocycles. The first-order valence-corrected chi connectivity index (χ1v) is 1.77. The highest BCUT2D eigenvalue weighted by atomic mass is 16.2. The Morgan fingerprint density at radius 2 is 2.33 bits per heavy atom. The van der Waals surface area contributed by atoms with E-state index in [1.165, 1.54) is 6.08 Å². The zero-order valence-electron chi connectivity index (χ0n) is 3.55. The second-order valence-electron chi connectivity index (χ2n) is 0.831. The average molecular weight is 83.1 g/mol. The summed E-state index contributed by atoms with van der Waals surface area (Å²) in [7, 11) is 0. The van der Waals surface area contributed by atoms with E-state index in [1.54, 1.807) is 12.2 Å². The Balaban J connectivity index is 2.94. The van der Waals surface area contributed by atoms with Crippen LogP contribution in [0.25, 0.3) is 0 Å². The van der Waals surface area contributed by atoms with E-state index in [-0.39, 0.29) is 6.61 Å². The first-order chi connectivity index (χ1) is 2.91. The highest BCUT2D eigenvalue weighted by Crippen LogP contribution is 1.67. The topological polar surface area (TPSA) is 19.9 Å². The average Bonchev–Trinajstić information content (AvgIpc) is 1.61. The molecule has 0 aromatic heterocycles. The van der Waals surface area contributed by atoms with Gasteiger partial charge in [0.05, 0.1) is 0 Å². The van der Waals surface area contributed by atoms with Crippen LogP contribution < -0.4 is 0 Å². The molecule has 0 fully saturated rings. The summed E-state index contributed by atoms with van der Waals surface area (Å²) in [5.74, 6) is 0. The van der Waals surface area contributed by atoms with Gasteiger partial charge in [0, 0.05) is 0 Å². The third kappa shape index (κ3) is 3.44. The van der Waals surface area contributed by atoms with E-state index >= 15 is 0 Å². The molecule has 0 rings (SSSR count). The van der Waals surface area contributed by atoms with Gasteiger partial charge in [0.1, 0.15) is 6.61 Å². The second-order valence-corrected chi connectivity index (χ2v) is 0.831. The zero-order valence-corrected chi connectivity index (χ0v) is 3.55. The molecule has 0 heterocycles. The fourth-order valence-corrected chi connectivity index (χ4v) is 0.152. The third-order valence-electron chi connectivity index (χ3n) is 0.368. The van der Waals surface area contributed by atoms with E-state index in [0.717, 1.165) is 0 Å². The SMILES string of the molecule is C=CC=CC[O]. The van der Waals surface area contributed by atoms with Gasteiger partial charge in [0.15, 0.2) is 0 Å². The molecule has 0 saturated heterocycles. The van der Waals surface area contributed by atoms with Gasteiger partial charge in [0.25, 0.3) is 0 Å². The lowest BCUT2D eigenvalue weighted by Gasteiger charge is -1.65. The first kappa shape index (κ1) is 5.44. The summed E-state index contributed by atoms with van der Waals surface area (Å²) in [5.41, 5.74) is 0. The van der Waals surface area contributed by atoms with Gasteiger partial charge in [-0.3, -0.25) is 0 Å². The number of hydrogen-bond acceptors (Lipinski definition) is 0. The van der Waals surface area contributed by atoms with Crippen LogP contribution in [0.5, 0.6) is 0 Å². The van der Waals surface area contributed by atoms with Crippen molar-refractivity contribution in [3.63, 3.8) is 0 Å². The Bertz CT molecular complexity index is 55.0. The molecule has 0 saturated carbocycles. The zero-order chi connectivity index (χ0) is 4.83. The van der Waals surface area contributed by atoms with Crippen LogP contribution >= 0.6 is 0 Å². The predicted octanol–water partition coefficient (Wildman–Crippen LogP) is 1.16. The molecule has 33 valence electrons. The third-order valence-corrected chi connectivity index (χ3v) is 0.368. The lowest BCUT2D eigenvalue weighted by Crippen LogP contribution is -1.62. The van der Waals surface area contributed by atoms with Crippen LogP contribution in [0.4, 0.5) is 0 Å². The molecular weight excluding hydrogens is 76.1 g/mol. The van der Waals surface area contributed by atoms with Crippen molar-refractivity contribution in [1.82, 2.24) is 0 Å². The highest BCUT2D eigenvalue weighted by molar-refractivity contribution is 4.96. The van der Waals surface area contributed by atoms with Gasteiger partial charge in [-0.25, -0.2) is 5.11 Å². The molecule has 0 amide bonds. The van der Waals surface area contributed by atoms with Gasteiger partial charge in [-0.1, -0.05) is 24.8 Å². The van der Waals surface area contributed by atoms with Crippen molar-refractivity contribution in [3.8, 4) is 0 Å². The molecule has 0 aromatic carbocycles. The summed E-state index contributed by atoms with van der Waals surface area (Å²) in [5, 5.41) is 9.55. The molecule has 0 aliphatic rings. The molecule has 0 bridgehead atoms. The van der Waals surface area contributed by atoms with Crippen LogP contribution in [0.3, 0.4) is 0 Å². The molecule has 0 unspecified atom stereocenters. The Hall–Kier alpha value is -0.560. The minimum absolute atomic E-state index is 0.147. The Morgan fingerprint density at radius 3 is 2.50 bits per heavy atom. The molecule has 1 radical (unpaired) electrons. The quantitative estimate of drug-likeness (QED) is 0.446. The summed E-state index contributed by atoms with van der Waals surface area (Å²) in [4.78, 5) is 0. The van der Waals surface area contributed by atoms with Gasteiger partial charge in [-0.2, -0.15) is 0 Å². The van der Waals surface area contributed by atoms with Gasteiger partial charge in [0.2, 0.25) is 0 Å². The molecule has 0 atom stereocenters. The monoisotopic (exact) mass is 83.0 g/mol. The van der Waals surface area contributed by atoms with Crippen molar-refractivity contribution in [2.24, 2.45) is 0 Å². The number of rotatable bonds is 2. The predicted molar refractivity (Wildman–Crippen MR) is 24.9 cm³/mol. The summed E-state index contributed by atoms with van der Waals surface area (Å²) in [6.45, 7) is 3.23. The normalized spacial score (nSPS) is 9.50. The molecule has 0 aromatic rings. The number of allylic oxidation sites excluding steroid dienone is 2. The van der Waals surface area contributed by atoms with E-state index < -0.39 is 0 Å². The lowest BCUT2D eigenvalue weighted by atomic mass is 10.5. The second kappa shape index (κ2) is 4.44. The van der Waals surface area contributed by atoms with Gasteiger partial charge in [-0.05, 0) is 0 Å². The van der Waals surface area contributed by atoms with Crippen LogP contribution in [0.1, 0.15) is 0 Å². The van der Waals surface area contributed by atoms with Crippen molar-refractivity contribution in [2.45, 2.75) is 0 Å². The van der Waals surface area contributed by atoms with Crippen molar-refractivity contribution < 1.29 is 5.11 Å². The van der Waals surface area contributed by atoms with Gasteiger partial charge in [-0.15, -0.1) is 0 Å². The molecule has 0 aliphatic heterocycles. The summed E-state index contributed by atoms with van der Waals surface area (Å²) < 4.78 is 0.